The molecule has 0 saturated heterocycles. The van der Waals surface area contributed by atoms with E-state index in [-0.39, 0.29) is 0 Å². The highest BCUT2D eigenvalue weighted by molar-refractivity contribution is 9.09. The maximum Gasteiger partial charge on any atom is 0.184 e. The Hall–Kier alpha value is 0.397. The summed E-state index contributed by atoms with van der Waals surface area (Å²) >= 11 is 3.43. The SMILES string of the molecule is C/C(=C\CO[Si](C)(C)C)CCCBr. The van der Waals surface area contributed by atoms with Crippen LogP contribution in [-0.2, 0) is 4.43 Å². The Morgan fingerprint density at radius 2 is 2.00 bits per heavy atom. The largest absolute Gasteiger partial charge is 0.414 e. The number of hydrogen-bond acceptors (Lipinski definition) is 1. The van der Waals surface area contributed by atoms with Gasteiger partial charge in [0.05, 0.1) is 6.61 Å². The molecule has 0 aromatic rings. The molecule has 0 aromatic heterocycles. The van der Waals surface area contributed by atoms with E-state index >= 15 is 0 Å². The highest BCUT2D eigenvalue weighted by Crippen LogP contribution is 2.07. The second kappa shape index (κ2) is 6.79. The minimum Gasteiger partial charge on any atom is -0.414 e. The normalized spacial score (nSPS) is 13.5. The molecule has 0 heterocycles. The van der Waals surface area contributed by atoms with Crippen LogP contribution in [0.25, 0.3) is 0 Å². The maximum absolute atomic E-state index is 5.73. The average Bonchev–Trinajstić information content (AvgIpc) is 1.98. The third kappa shape index (κ3) is 10.3. The number of alkyl halides is 1. The van der Waals surface area contributed by atoms with Crippen molar-refractivity contribution in [1.82, 2.24) is 0 Å². The summed E-state index contributed by atoms with van der Waals surface area (Å²) in [6, 6.07) is 0. The molecule has 0 aliphatic heterocycles. The van der Waals surface area contributed by atoms with E-state index in [2.05, 4.69) is 48.6 Å². The van der Waals surface area contributed by atoms with Crippen molar-refractivity contribution in [2.45, 2.75) is 39.4 Å². The van der Waals surface area contributed by atoms with Crippen molar-refractivity contribution in [2.75, 3.05) is 11.9 Å². The summed E-state index contributed by atoms with van der Waals surface area (Å²) in [5.41, 5.74) is 1.44. The molecule has 0 amide bonds. The predicted octanol–water partition coefficient (Wildman–Crippen LogP) is 3.96. The van der Waals surface area contributed by atoms with Crippen LogP contribution in [0.1, 0.15) is 19.8 Å². The first-order valence-corrected chi connectivity index (χ1v) is 9.34. The monoisotopic (exact) mass is 264 g/mol. The van der Waals surface area contributed by atoms with Crippen molar-refractivity contribution in [3.8, 4) is 0 Å². The summed E-state index contributed by atoms with van der Waals surface area (Å²) in [5, 5.41) is 1.09. The fraction of sp³-hybridized carbons (Fsp3) is 0.800. The summed E-state index contributed by atoms with van der Waals surface area (Å²) in [6.07, 6.45) is 4.61. The lowest BCUT2D eigenvalue weighted by atomic mass is 10.2. The first-order chi connectivity index (χ1) is 5.95. The van der Waals surface area contributed by atoms with Crippen molar-refractivity contribution in [1.29, 1.82) is 0 Å². The van der Waals surface area contributed by atoms with Crippen molar-refractivity contribution in [2.24, 2.45) is 0 Å². The molecule has 0 aliphatic carbocycles. The lowest BCUT2D eigenvalue weighted by Crippen LogP contribution is -2.25. The lowest BCUT2D eigenvalue weighted by molar-refractivity contribution is 0.356. The first-order valence-electron chi connectivity index (χ1n) is 4.81. The van der Waals surface area contributed by atoms with E-state index in [1.54, 1.807) is 0 Å². The average molecular weight is 265 g/mol. The van der Waals surface area contributed by atoms with E-state index in [0.29, 0.717) is 0 Å². The molecule has 0 saturated carbocycles. The van der Waals surface area contributed by atoms with Crippen molar-refractivity contribution < 1.29 is 4.43 Å². The summed E-state index contributed by atoms with van der Waals surface area (Å²) in [4.78, 5) is 0. The van der Waals surface area contributed by atoms with Crippen LogP contribution in [0.3, 0.4) is 0 Å². The summed E-state index contributed by atoms with van der Waals surface area (Å²) in [5.74, 6) is 0. The molecule has 0 spiro atoms. The number of rotatable bonds is 6. The molecule has 0 radical (unpaired) electrons. The number of hydrogen-bond donors (Lipinski definition) is 0. The van der Waals surface area contributed by atoms with Crippen LogP contribution >= 0.6 is 15.9 Å². The minimum absolute atomic E-state index is 0.795. The second-order valence-electron chi connectivity index (χ2n) is 4.27. The number of allylic oxidation sites excluding steroid dienone is 1. The summed E-state index contributed by atoms with van der Waals surface area (Å²) in [7, 11) is -1.31. The van der Waals surface area contributed by atoms with Gasteiger partial charge in [0.25, 0.3) is 0 Å². The maximum atomic E-state index is 5.73. The Kier molecular flexibility index (Phi) is 7.00. The van der Waals surface area contributed by atoms with Gasteiger partial charge in [0.15, 0.2) is 8.32 Å². The Morgan fingerprint density at radius 1 is 1.38 bits per heavy atom. The lowest BCUT2D eigenvalue weighted by Gasteiger charge is -2.15. The van der Waals surface area contributed by atoms with Gasteiger partial charge in [-0.1, -0.05) is 27.6 Å². The molecular formula is C10H21BrOSi. The van der Waals surface area contributed by atoms with Gasteiger partial charge < -0.3 is 4.43 Å². The van der Waals surface area contributed by atoms with Crippen molar-refractivity contribution in [3.63, 3.8) is 0 Å². The van der Waals surface area contributed by atoms with Crippen LogP contribution in [0.2, 0.25) is 19.6 Å². The molecule has 0 unspecified atom stereocenters. The number of halogens is 1. The third-order valence-corrected chi connectivity index (χ3v) is 3.25. The molecule has 0 aliphatic rings. The highest BCUT2D eigenvalue weighted by Gasteiger charge is 2.12. The fourth-order valence-corrected chi connectivity index (χ4v) is 1.75. The van der Waals surface area contributed by atoms with E-state index in [1.165, 1.54) is 18.4 Å². The summed E-state index contributed by atoms with van der Waals surface area (Å²) < 4.78 is 5.73. The van der Waals surface area contributed by atoms with E-state index in [4.69, 9.17) is 4.43 Å². The van der Waals surface area contributed by atoms with Gasteiger partial charge in [-0.2, -0.15) is 0 Å². The molecule has 78 valence electrons. The zero-order valence-corrected chi connectivity index (χ0v) is 11.8. The Morgan fingerprint density at radius 3 is 2.46 bits per heavy atom. The van der Waals surface area contributed by atoms with Crippen LogP contribution < -0.4 is 0 Å². The molecule has 0 aromatic carbocycles. The molecule has 0 fully saturated rings. The van der Waals surface area contributed by atoms with E-state index < -0.39 is 8.32 Å². The Bertz CT molecular complexity index is 161. The molecular weight excluding hydrogens is 244 g/mol. The van der Waals surface area contributed by atoms with Crippen LogP contribution in [0.4, 0.5) is 0 Å². The molecule has 0 bridgehead atoms. The Labute approximate surface area is 91.8 Å². The first kappa shape index (κ1) is 13.4. The van der Waals surface area contributed by atoms with Gasteiger partial charge in [-0.3, -0.25) is 0 Å². The zero-order valence-electron chi connectivity index (χ0n) is 9.19. The molecule has 1 nitrogen and oxygen atoms in total. The summed E-state index contributed by atoms with van der Waals surface area (Å²) in [6.45, 7) is 9.62. The molecule has 3 heteroatoms. The highest BCUT2D eigenvalue weighted by atomic mass is 79.9. The zero-order chi connectivity index (χ0) is 10.3. The van der Waals surface area contributed by atoms with Gasteiger partial charge in [0.1, 0.15) is 0 Å². The molecule has 0 rings (SSSR count). The third-order valence-electron chi connectivity index (χ3n) is 1.65. The van der Waals surface area contributed by atoms with E-state index in [0.717, 1.165) is 11.9 Å². The van der Waals surface area contributed by atoms with Gasteiger partial charge in [-0.05, 0) is 39.4 Å². The molecule has 0 atom stereocenters. The van der Waals surface area contributed by atoms with E-state index in [1.807, 2.05) is 0 Å². The quantitative estimate of drug-likeness (QED) is 0.401. The van der Waals surface area contributed by atoms with Crippen molar-refractivity contribution in [3.05, 3.63) is 11.6 Å². The van der Waals surface area contributed by atoms with Crippen LogP contribution in [0.5, 0.6) is 0 Å². The van der Waals surface area contributed by atoms with Gasteiger partial charge in [0, 0.05) is 5.33 Å². The predicted molar refractivity (Wildman–Crippen MR) is 66.1 cm³/mol. The fourth-order valence-electron chi connectivity index (χ4n) is 0.882. The van der Waals surface area contributed by atoms with Gasteiger partial charge in [-0.15, -0.1) is 0 Å². The molecule has 0 N–H and O–H groups in total. The second-order valence-corrected chi connectivity index (χ2v) is 9.57. The molecule has 13 heavy (non-hydrogen) atoms. The van der Waals surface area contributed by atoms with E-state index in [9.17, 15) is 0 Å². The topological polar surface area (TPSA) is 9.23 Å². The Balaban J connectivity index is 3.59. The minimum atomic E-state index is -1.31. The van der Waals surface area contributed by atoms with Gasteiger partial charge >= 0.3 is 0 Å². The van der Waals surface area contributed by atoms with Crippen LogP contribution in [0, 0.1) is 0 Å². The van der Waals surface area contributed by atoms with Crippen LogP contribution in [-0.4, -0.2) is 20.3 Å². The van der Waals surface area contributed by atoms with Gasteiger partial charge in [-0.25, -0.2) is 0 Å². The van der Waals surface area contributed by atoms with Gasteiger partial charge in [0.2, 0.25) is 0 Å². The van der Waals surface area contributed by atoms with Crippen LogP contribution in [0.15, 0.2) is 11.6 Å². The smallest absolute Gasteiger partial charge is 0.184 e. The van der Waals surface area contributed by atoms with Crippen molar-refractivity contribution >= 4 is 24.2 Å². The standard InChI is InChI=1S/C10H21BrOSi/c1-10(6-5-8-11)7-9-12-13(2,3)4/h7H,5-6,8-9H2,1-4H3/b10-7+.